The summed E-state index contributed by atoms with van der Waals surface area (Å²) in [7, 11) is 0. The van der Waals surface area contributed by atoms with Crippen molar-refractivity contribution in [1.82, 2.24) is 19.6 Å². The van der Waals surface area contributed by atoms with Crippen molar-refractivity contribution in [3.63, 3.8) is 0 Å². The molecule has 0 spiro atoms. The number of Topliss-reactive ketones (excluding diaryl/α,β-unsaturated/α-hetero) is 1. The predicted octanol–water partition coefficient (Wildman–Crippen LogP) is 5.27. The molecule has 32 heavy (non-hydrogen) atoms. The van der Waals surface area contributed by atoms with E-state index in [1.807, 2.05) is 65.3 Å². The summed E-state index contributed by atoms with van der Waals surface area (Å²) in [5.41, 5.74) is 5.47. The molecule has 0 radical (unpaired) electrons. The van der Waals surface area contributed by atoms with E-state index < -0.39 is 0 Å². The van der Waals surface area contributed by atoms with E-state index in [-0.39, 0.29) is 5.78 Å². The van der Waals surface area contributed by atoms with E-state index in [1.165, 1.54) is 0 Å². The van der Waals surface area contributed by atoms with E-state index in [0.717, 1.165) is 33.7 Å². The van der Waals surface area contributed by atoms with Gasteiger partial charge in [-0.3, -0.25) is 9.78 Å². The Morgan fingerprint density at radius 1 is 0.906 bits per heavy atom. The number of hydrogen-bond donors (Lipinski definition) is 1. The molecule has 0 unspecified atom stereocenters. The molecule has 0 saturated heterocycles. The van der Waals surface area contributed by atoms with Crippen molar-refractivity contribution in [1.29, 1.82) is 0 Å². The van der Waals surface area contributed by atoms with E-state index in [9.17, 15) is 4.79 Å². The SMILES string of the molecule is CC(=O)c1ccc(-c2nc(NCc3ccccn3)c3c(-c4ccccc4)ccn3n2)cc1. The second-order valence-electron chi connectivity index (χ2n) is 7.48. The number of nitrogens with zero attached hydrogens (tertiary/aromatic N) is 4. The molecule has 6 heteroatoms. The standard InChI is InChI=1S/C26H21N5O/c1-18(32)19-10-12-21(13-11-19)25-29-26(28-17-22-9-5-6-15-27-22)24-23(14-16-31(24)30-25)20-7-3-2-4-8-20/h2-16H,17H2,1H3,(H,28,29,30). The molecule has 5 rings (SSSR count). The Morgan fingerprint density at radius 2 is 1.69 bits per heavy atom. The Labute approximate surface area is 185 Å². The maximum absolute atomic E-state index is 11.6. The molecule has 0 saturated carbocycles. The monoisotopic (exact) mass is 419 g/mol. The van der Waals surface area contributed by atoms with Gasteiger partial charge in [0.1, 0.15) is 5.52 Å². The van der Waals surface area contributed by atoms with Crippen LogP contribution in [-0.2, 0) is 6.54 Å². The van der Waals surface area contributed by atoms with Crippen LogP contribution in [0.5, 0.6) is 0 Å². The molecule has 6 nitrogen and oxygen atoms in total. The number of carbonyl (C=O) groups is 1. The van der Waals surface area contributed by atoms with Gasteiger partial charge in [0.05, 0.1) is 12.2 Å². The van der Waals surface area contributed by atoms with E-state index >= 15 is 0 Å². The number of nitrogens with one attached hydrogen (secondary N) is 1. The van der Waals surface area contributed by atoms with Crippen molar-refractivity contribution < 1.29 is 4.79 Å². The molecule has 3 aromatic heterocycles. The third-order valence-corrected chi connectivity index (χ3v) is 5.31. The zero-order chi connectivity index (χ0) is 21.9. The molecule has 2 aromatic carbocycles. The van der Waals surface area contributed by atoms with Crippen molar-refractivity contribution in [2.75, 3.05) is 5.32 Å². The first-order valence-electron chi connectivity index (χ1n) is 10.4. The smallest absolute Gasteiger partial charge is 0.182 e. The fraction of sp³-hybridized carbons (Fsp3) is 0.0769. The molecule has 0 aliphatic carbocycles. The topological polar surface area (TPSA) is 72.2 Å². The highest BCUT2D eigenvalue weighted by atomic mass is 16.1. The van der Waals surface area contributed by atoms with Gasteiger partial charge in [-0.05, 0) is 30.7 Å². The van der Waals surface area contributed by atoms with Gasteiger partial charge in [-0.25, -0.2) is 9.50 Å². The van der Waals surface area contributed by atoms with Crippen molar-refractivity contribution in [2.24, 2.45) is 0 Å². The lowest BCUT2D eigenvalue weighted by molar-refractivity contribution is 0.101. The van der Waals surface area contributed by atoms with Crippen LogP contribution in [0.3, 0.4) is 0 Å². The number of hydrogen-bond acceptors (Lipinski definition) is 5. The second-order valence-corrected chi connectivity index (χ2v) is 7.48. The van der Waals surface area contributed by atoms with Crippen molar-refractivity contribution in [3.8, 4) is 22.5 Å². The molecular weight excluding hydrogens is 398 g/mol. The van der Waals surface area contributed by atoms with Gasteiger partial charge in [0, 0.05) is 29.1 Å². The minimum Gasteiger partial charge on any atom is -0.363 e. The third kappa shape index (κ3) is 3.86. The number of rotatable bonds is 6. The van der Waals surface area contributed by atoms with E-state index in [4.69, 9.17) is 10.1 Å². The highest BCUT2D eigenvalue weighted by Gasteiger charge is 2.15. The number of benzene rings is 2. The first-order valence-corrected chi connectivity index (χ1v) is 10.4. The van der Waals surface area contributed by atoms with Crippen LogP contribution >= 0.6 is 0 Å². The van der Waals surface area contributed by atoms with Crippen LogP contribution in [0.15, 0.2) is 91.3 Å². The number of ketones is 1. The molecule has 0 fully saturated rings. The molecule has 5 aromatic rings. The van der Waals surface area contributed by atoms with Crippen LogP contribution in [0.4, 0.5) is 5.82 Å². The van der Waals surface area contributed by atoms with Crippen LogP contribution < -0.4 is 5.32 Å². The highest BCUT2D eigenvalue weighted by Crippen LogP contribution is 2.31. The predicted molar refractivity (Wildman–Crippen MR) is 125 cm³/mol. The lowest BCUT2D eigenvalue weighted by Crippen LogP contribution is -2.08. The summed E-state index contributed by atoms with van der Waals surface area (Å²) in [5.74, 6) is 1.33. The van der Waals surface area contributed by atoms with Crippen LogP contribution in [0, 0.1) is 0 Å². The molecule has 0 aliphatic rings. The Morgan fingerprint density at radius 3 is 2.41 bits per heavy atom. The largest absolute Gasteiger partial charge is 0.363 e. The molecule has 0 amide bonds. The summed E-state index contributed by atoms with van der Waals surface area (Å²) in [4.78, 5) is 20.9. The number of aromatic nitrogens is 4. The lowest BCUT2D eigenvalue weighted by Gasteiger charge is -2.12. The minimum atomic E-state index is 0.0311. The Kier molecular flexibility index (Phi) is 5.17. The lowest BCUT2D eigenvalue weighted by atomic mass is 10.1. The molecule has 0 atom stereocenters. The van der Waals surface area contributed by atoms with Gasteiger partial charge in [-0.15, -0.1) is 5.10 Å². The van der Waals surface area contributed by atoms with E-state index in [1.54, 1.807) is 25.3 Å². The van der Waals surface area contributed by atoms with Crippen molar-refractivity contribution in [2.45, 2.75) is 13.5 Å². The highest BCUT2D eigenvalue weighted by molar-refractivity contribution is 5.94. The number of pyridine rings is 1. The first kappa shape index (κ1) is 19.6. The van der Waals surface area contributed by atoms with Gasteiger partial charge in [0.15, 0.2) is 17.4 Å². The summed E-state index contributed by atoms with van der Waals surface area (Å²) in [5, 5.41) is 8.20. The van der Waals surface area contributed by atoms with Crippen LogP contribution in [0.2, 0.25) is 0 Å². The maximum Gasteiger partial charge on any atom is 0.182 e. The van der Waals surface area contributed by atoms with Crippen LogP contribution in [-0.4, -0.2) is 25.4 Å². The minimum absolute atomic E-state index is 0.0311. The van der Waals surface area contributed by atoms with Gasteiger partial charge >= 0.3 is 0 Å². The first-order chi connectivity index (χ1) is 15.7. The Balaban J connectivity index is 1.61. The molecule has 1 N–H and O–H groups in total. The zero-order valence-corrected chi connectivity index (χ0v) is 17.6. The number of anilines is 1. The summed E-state index contributed by atoms with van der Waals surface area (Å²) in [6, 6.07) is 25.4. The quantitative estimate of drug-likeness (QED) is 0.380. The molecule has 0 aliphatic heterocycles. The number of fused-ring (bicyclic) bond motifs is 1. The Bertz CT molecular complexity index is 1380. The van der Waals surface area contributed by atoms with Gasteiger partial charge < -0.3 is 5.32 Å². The third-order valence-electron chi connectivity index (χ3n) is 5.31. The number of carbonyl (C=O) groups excluding carboxylic acids is 1. The van der Waals surface area contributed by atoms with Crippen LogP contribution in [0.1, 0.15) is 23.0 Å². The average Bonchev–Trinajstić information content (AvgIpc) is 3.28. The summed E-state index contributed by atoms with van der Waals surface area (Å²) in [6.45, 7) is 2.10. The summed E-state index contributed by atoms with van der Waals surface area (Å²) < 4.78 is 1.85. The molecule has 0 bridgehead atoms. The molecular formula is C26H21N5O. The zero-order valence-electron chi connectivity index (χ0n) is 17.6. The van der Waals surface area contributed by atoms with Gasteiger partial charge in [-0.2, -0.15) is 0 Å². The molecule has 156 valence electrons. The van der Waals surface area contributed by atoms with Crippen molar-refractivity contribution in [3.05, 3.63) is 103 Å². The summed E-state index contributed by atoms with van der Waals surface area (Å²) in [6.07, 6.45) is 3.72. The van der Waals surface area contributed by atoms with Crippen molar-refractivity contribution >= 4 is 17.1 Å². The fourth-order valence-corrected chi connectivity index (χ4v) is 3.65. The normalized spacial score (nSPS) is 10.9. The van der Waals surface area contributed by atoms with E-state index in [2.05, 4.69) is 22.4 Å². The average molecular weight is 419 g/mol. The summed E-state index contributed by atoms with van der Waals surface area (Å²) >= 11 is 0. The van der Waals surface area contributed by atoms with Gasteiger partial charge in [-0.1, -0.05) is 60.7 Å². The maximum atomic E-state index is 11.6. The van der Waals surface area contributed by atoms with Crippen LogP contribution in [0.25, 0.3) is 28.0 Å². The fourth-order valence-electron chi connectivity index (χ4n) is 3.65. The van der Waals surface area contributed by atoms with Gasteiger partial charge in [0.25, 0.3) is 0 Å². The van der Waals surface area contributed by atoms with E-state index in [0.29, 0.717) is 17.9 Å². The van der Waals surface area contributed by atoms with Gasteiger partial charge in [0.2, 0.25) is 0 Å². The second kappa shape index (κ2) is 8.43. The Hall–Kier alpha value is -4.32. The molecule has 3 heterocycles.